The van der Waals surface area contributed by atoms with E-state index in [-0.39, 0.29) is 35.0 Å². The van der Waals surface area contributed by atoms with Crippen LogP contribution in [0.5, 0.6) is 0 Å². The molecule has 0 aromatic carbocycles. The van der Waals surface area contributed by atoms with Gasteiger partial charge in [0.15, 0.2) is 0 Å². The van der Waals surface area contributed by atoms with Gasteiger partial charge in [0.2, 0.25) is 0 Å². The molecule has 2 unspecified atom stereocenters. The van der Waals surface area contributed by atoms with Gasteiger partial charge in [-0.2, -0.15) is 12.3 Å². The molecular weight excluding hydrogens is 251 g/mol. The van der Waals surface area contributed by atoms with Crippen molar-refractivity contribution in [3.63, 3.8) is 0 Å². The summed E-state index contributed by atoms with van der Waals surface area (Å²) in [7, 11) is -0.0644. The van der Waals surface area contributed by atoms with Gasteiger partial charge in [0, 0.05) is 26.2 Å². The maximum atomic E-state index is 2.48. The Morgan fingerprint density at radius 1 is 1.08 bits per heavy atom. The van der Waals surface area contributed by atoms with Crippen molar-refractivity contribution in [2.24, 2.45) is 11.8 Å². The average molecular weight is 272 g/mol. The van der Waals surface area contributed by atoms with Crippen LogP contribution in [0.25, 0.3) is 0 Å². The zero-order chi connectivity index (χ0) is 8.55. The Balaban J connectivity index is 0.000000845. The molecule has 0 amide bonds. The summed E-state index contributed by atoms with van der Waals surface area (Å²) >= 11 is 0. The molecule has 0 N–H and O–H groups in total. The van der Waals surface area contributed by atoms with Crippen LogP contribution in [0, 0.1) is 17.4 Å². The number of rotatable bonds is 1. The van der Waals surface area contributed by atoms with Crippen LogP contribution in [0.2, 0.25) is 13.1 Å². The van der Waals surface area contributed by atoms with Crippen molar-refractivity contribution >= 4 is 8.80 Å². The summed E-state index contributed by atoms with van der Waals surface area (Å²) in [5, 5.41) is 0. The van der Waals surface area contributed by atoms with E-state index in [1.54, 1.807) is 6.42 Å². The fraction of sp³-hybridized carbons (Fsp3) is 0.909. The third kappa shape index (κ3) is 2.56. The zero-order valence-corrected chi connectivity index (χ0v) is 12.4. The quantitative estimate of drug-likeness (QED) is 0.506. The van der Waals surface area contributed by atoms with Crippen LogP contribution >= 0.6 is 0 Å². The molecule has 0 spiro atoms. The van der Waals surface area contributed by atoms with Crippen molar-refractivity contribution < 1.29 is 26.2 Å². The first-order valence-electron chi connectivity index (χ1n) is 5.45. The largest absolute Gasteiger partial charge is 0.313 e. The monoisotopic (exact) mass is 270 g/mol. The Labute approximate surface area is 104 Å². The average Bonchev–Trinajstić information content (AvgIpc) is 2.47. The molecule has 0 aromatic heterocycles. The molecule has 0 aromatic rings. The minimum absolute atomic E-state index is 0. The standard InChI is InChI=1S/C11H20Si.Zr/c1-12(2)11-8-7-9-5-3-4-6-10(9)11;/h9-10H,3-8H2,1-2H3;/q-1;. The summed E-state index contributed by atoms with van der Waals surface area (Å²) in [6.45, 7) is 4.97. The SMILES string of the molecule is C[Si](C)[C-]1CCC2CCCCC12.[Zr]. The van der Waals surface area contributed by atoms with Crippen molar-refractivity contribution in [2.75, 3.05) is 0 Å². The summed E-state index contributed by atoms with van der Waals surface area (Å²) < 4.78 is 0. The number of fused-ring (bicyclic) bond motifs is 1. The van der Waals surface area contributed by atoms with Gasteiger partial charge in [0.1, 0.15) is 0 Å². The van der Waals surface area contributed by atoms with E-state index < -0.39 is 0 Å². The van der Waals surface area contributed by atoms with E-state index in [9.17, 15) is 0 Å². The maximum Gasteiger partial charge on any atom is 0 e. The smallest absolute Gasteiger partial charge is 0 e. The second-order valence-corrected chi connectivity index (χ2v) is 7.36. The van der Waals surface area contributed by atoms with Gasteiger partial charge in [-0.15, -0.1) is 8.80 Å². The van der Waals surface area contributed by atoms with Gasteiger partial charge in [-0.25, -0.2) is 0 Å². The Hall–Kier alpha value is 1.10. The van der Waals surface area contributed by atoms with Crippen LogP contribution in [0.15, 0.2) is 0 Å². The van der Waals surface area contributed by atoms with E-state index in [2.05, 4.69) is 13.1 Å². The molecule has 0 nitrogen and oxygen atoms in total. The summed E-state index contributed by atoms with van der Waals surface area (Å²) in [5.41, 5.74) is 2.00. The maximum absolute atomic E-state index is 2.48. The van der Waals surface area contributed by atoms with Crippen LogP contribution in [-0.4, -0.2) is 8.80 Å². The van der Waals surface area contributed by atoms with E-state index in [1.165, 1.54) is 32.1 Å². The summed E-state index contributed by atoms with van der Waals surface area (Å²) in [6, 6.07) is 0. The van der Waals surface area contributed by atoms with E-state index in [0.717, 1.165) is 11.8 Å². The van der Waals surface area contributed by atoms with Crippen LogP contribution in [0.3, 0.4) is 0 Å². The van der Waals surface area contributed by atoms with Gasteiger partial charge in [-0.1, -0.05) is 51.1 Å². The van der Waals surface area contributed by atoms with Crippen LogP contribution in [-0.2, 0) is 26.2 Å². The van der Waals surface area contributed by atoms with Crippen LogP contribution < -0.4 is 0 Å². The van der Waals surface area contributed by atoms with Gasteiger partial charge in [0.25, 0.3) is 0 Å². The van der Waals surface area contributed by atoms with Crippen molar-refractivity contribution in [3.8, 4) is 0 Å². The molecule has 2 fully saturated rings. The van der Waals surface area contributed by atoms with Gasteiger partial charge in [-0.05, 0) is 0 Å². The Morgan fingerprint density at radius 2 is 1.77 bits per heavy atom. The van der Waals surface area contributed by atoms with Gasteiger partial charge >= 0.3 is 0 Å². The Bertz CT molecular complexity index is 158. The molecule has 2 saturated carbocycles. The van der Waals surface area contributed by atoms with Gasteiger partial charge in [0.05, 0.1) is 0 Å². The minimum Gasteiger partial charge on any atom is -0.313 e. The molecule has 2 heteroatoms. The molecule has 2 aliphatic carbocycles. The Morgan fingerprint density at radius 3 is 2.46 bits per heavy atom. The third-order valence-electron chi connectivity index (χ3n) is 3.78. The third-order valence-corrected chi connectivity index (χ3v) is 5.69. The van der Waals surface area contributed by atoms with Gasteiger partial charge in [-0.3, -0.25) is 0 Å². The predicted molar refractivity (Wildman–Crippen MR) is 55.4 cm³/mol. The fourth-order valence-corrected chi connectivity index (χ4v) is 4.92. The van der Waals surface area contributed by atoms with Crippen LogP contribution in [0.1, 0.15) is 38.5 Å². The molecule has 2 aliphatic rings. The first-order valence-corrected chi connectivity index (χ1v) is 7.95. The molecule has 13 heavy (non-hydrogen) atoms. The molecule has 73 valence electrons. The number of hydrogen-bond acceptors (Lipinski definition) is 0. The van der Waals surface area contributed by atoms with Crippen molar-refractivity contribution in [1.82, 2.24) is 0 Å². The molecule has 2 rings (SSSR count). The Kier molecular flexibility index (Phi) is 4.92. The van der Waals surface area contributed by atoms with E-state index >= 15 is 0 Å². The summed E-state index contributed by atoms with van der Waals surface area (Å²) in [5.74, 6) is 2.20. The molecule has 0 aliphatic heterocycles. The minimum atomic E-state index is -0.0644. The zero-order valence-electron chi connectivity index (χ0n) is 8.90. The fourth-order valence-electron chi connectivity index (χ4n) is 3.16. The first-order chi connectivity index (χ1) is 5.79. The first kappa shape index (κ1) is 12.2. The second-order valence-electron chi connectivity index (χ2n) is 4.71. The molecule has 1 radical (unpaired) electrons. The predicted octanol–water partition coefficient (Wildman–Crippen LogP) is 3.45. The molecule has 0 bridgehead atoms. The van der Waals surface area contributed by atoms with E-state index in [0.29, 0.717) is 0 Å². The second kappa shape index (κ2) is 5.26. The van der Waals surface area contributed by atoms with E-state index in [1.807, 2.05) is 5.54 Å². The normalized spacial score (nSPS) is 34.4. The molecule has 0 saturated heterocycles. The topological polar surface area (TPSA) is 0 Å². The molecular formula is C11H20SiZr-. The van der Waals surface area contributed by atoms with Crippen LogP contribution in [0.4, 0.5) is 0 Å². The van der Waals surface area contributed by atoms with Crippen molar-refractivity contribution in [2.45, 2.75) is 51.6 Å². The van der Waals surface area contributed by atoms with Gasteiger partial charge < -0.3 is 5.54 Å². The summed E-state index contributed by atoms with van der Waals surface area (Å²) in [6.07, 6.45) is 9.15. The van der Waals surface area contributed by atoms with Crippen molar-refractivity contribution in [1.29, 1.82) is 0 Å². The summed E-state index contributed by atoms with van der Waals surface area (Å²) in [4.78, 5) is 0. The molecule has 0 heterocycles. The van der Waals surface area contributed by atoms with E-state index in [4.69, 9.17) is 0 Å². The number of hydrogen-bond donors (Lipinski definition) is 0. The van der Waals surface area contributed by atoms with Crippen molar-refractivity contribution in [3.05, 3.63) is 5.54 Å². The molecule has 2 atom stereocenters.